The molecule has 4 nitrogen and oxygen atoms in total. The number of carboxylic acids is 1. The highest BCUT2D eigenvalue weighted by Crippen LogP contribution is 2.25. The normalized spacial score (nSPS) is 16.8. The Hall–Kier alpha value is -1.58. The number of carboxylic acid groups (broad SMARTS) is 1. The molecule has 17 heavy (non-hydrogen) atoms. The van der Waals surface area contributed by atoms with E-state index in [-0.39, 0.29) is 17.5 Å². The van der Waals surface area contributed by atoms with Crippen molar-refractivity contribution < 1.29 is 14.6 Å². The smallest absolute Gasteiger partial charge is 0.341 e. The summed E-state index contributed by atoms with van der Waals surface area (Å²) in [6.07, 6.45) is 7.25. The molecule has 1 aliphatic rings. The van der Waals surface area contributed by atoms with Crippen molar-refractivity contribution >= 4 is 5.97 Å². The average molecular weight is 235 g/mol. The van der Waals surface area contributed by atoms with Crippen LogP contribution in [0, 0.1) is 6.92 Å². The standard InChI is InChI=1S/C13H17NO3/c1-9-7-8-14-12(11(9)13(15)16)17-10-5-3-2-4-6-10/h7-8,10H,2-6H2,1H3,(H,15,16). The van der Waals surface area contributed by atoms with Gasteiger partial charge in [0.25, 0.3) is 0 Å². The van der Waals surface area contributed by atoms with Crippen molar-refractivity contribution in [3.05, 3.63) is 23.4 Å². The molecule has 0 saturated heterocycles. The molecule has 0 aliphatic heterocycles. The Balaban J connectivity index is 2.19. The van der Waals surface area contributed by atoms with E-state index in [1.165, 1.54) is 6.42 Å². The fourth-order valence-corrected chi connectivity index (χ4v) is 2.22. The minimum Gasteiger partial charge on any atom is -0.477 e. The van der Waals surface area contributed by atoms with Crippen molar-refractivity contribution in [2.45, 2.75) is 45.1 Å². The Morgan fingerprint density at radius 3 is 2.76 bits per heavy atom. The number of ether oxygens (including phenoxy) is 1. The molecule has 2 rings (SSSR count). The minimum absolute atomic E-state index is 0.121. The van der Waals surface area contributed by atoms with Crippen LogP contribution in [-0.4, -0.2) is 22.2 Å². The number of aryl methyl sites for hydroxylation is 1. The van der Waals surface area contributed by atoms with E-state index in [0.717, 1.165) is 25.7 Å². The lowest BCUT2D eigenvalue weighted by molar-refractivity contribution is 0.0683. The zero-order valence-corrected chi connectivity index (χ0v) is 9.98. The summed E-state index contributed by atoms with van der Waals surface area (Å²) in [6.45, 7) is 1.76. The van der Waals surface area contributed by atoms with Crippen LogP contribution in [0.1, 0.15) is 48.0 Å². The summed E-state index contributed by atoms with van der Waals surface area (Å²) in [5.41, 5.74) is 0.886. The Morgan fingerprint density at radius 2 is 2.12 bits per heavy atom. The molecule has 1 saturated carbocycles. The van der Waals surface area contributed by atoms with Crippen LogP contribution >= 0.6 is 0 Å². The maximum atomic E-state index is 11.2. The second-order valence-corrected chi connectivity index (χ2v) is 4.49. The molecule has 1 fully saturated rings. The van der Waals surface area contributed by atoms with Crippen molar-refractivity contribution in [3.8, 4) is 5.88 Å². The van der Waals surface area contributed by atoms with Crippen molar-refractivity contribution in [1.29, 1.82) is 0 Å². The highest BCUT2D eigenvalue weighted by atomic mass is 16.5. The Labute approximate surface area is 101 Å². The molecular formula is C13H17NO3. The van der Waals surface area contributed by atoms with E-state index in [4.69, 9.17) is 9.84 Å². The third kappa shape index (κ3) is 2.75. The Bertz CT molecular complexity index is 411. The molecule has 0 amide bonds. The van der Waals surface area contributed by atoms with E-state index in [1.54, 1.807) is 19.2 Å². The lowest BCUT2D eigenvalue weighted by atomic mass is 9.98. The van der Waals surface area contributed by atoms with E-state index < -0.39 is 5.97 Å². The van der Waals surface area contributed by atoms with Crippen LogP contribution in [0.2, 0.25) is 0 Å². The largest absolute Gasteiger partial charge is 0.477 e. The second kappa shape index (κ2) is 5.17. The first-order valence-corrected chi connectivity index (χ1v) is 6.04. The van der Waals surface area contributed by atoms with Crippen molar-refractivity contribution in [3.63, 3.8) is 0 Å². The Kier molecular flexibility index (Phi) is 3.61. The summed E-state index contributed by atoms with van der Waals surface area (Å²) >= 11 is 0. The van der Waals surface area contributed by atoms with E-state index in [2.05, 4.69) is 4.98 Å². The van der Waals surface area contributed by atoms with Gasteiger partial charge < -0.3 is 9.84 Å². The second-order valence-electron chi connectivity index (χ2n) is 4.49. The molecule has 1 heterocycles. The summed E-state index contributed by atoms with van der Waals surface area (Å²) in [6, 6.07) is 1.69. The first-order valence-electron chi connectivity index (χ1n) is 6.04. The van der Waals surface area contributed by atoms with Crippen LogP contribution in [0.25, 0.3) is 0 Å². The topological polar surface area (TPSA) is 59.4 Å². The predicted octanol–water partition coefficient (Wildman–Crippen LogP) is 2.80. The monoisotopic (exact) mass is 235 g/mol. The van der Waals surface area contributed by atoms with Gasteiger partial charge >= 0.3 is 5.97 Å². The molecule has 0 atom stereocenters. The van der Waals surface area contributed by atoms with Crippen molar-refractivity contribution in [2.75, 3.05) is 0 Å². The lowest BCUT2D eigenvalue weighted by Crippen LogP contribution is -2.21. The number of aromatic carboxylic acids is 1. The molecule has 0 spiro atoms. The van der Waals surface area contributed by atoms with Crippen LogP contribution in [-0.2, 0) is 0 Å². The van der Waals surface area contributed by atoms with Gasteiger partial charge in [0.2, 0.25) is 5.88 Å². The number of hydrogen-bond acceptors (Lipinski definition) is 3. The number of aromatic nitrogens is 1. The van der Waals surface area contributed by atoms with Gasteiger partial charge in [-0.25, -0.2) is 9.78 Å². The van der Waals surface area contributed by atoms with E-state index in [0.29, 0.717) is 5.56 Å². The number of rotatable bonds is 3. The highest BCUT2D eigenvalue weighted by Gasteiger charge is 2.21. The molecule has 0 aromatic carbocycles. The van der Waals surface area contributed by atoms with Crippen LogP contribution in [0.5, 0.6) is 5.88 Å². The lowest BCUT2D eigenvalue weighted by Gasteiger charge is -2.23. The highest BCUT2D eigenvalue weighted by molar-refractivity contribution is 5.91. The van der Waals surface area contributed by atoms with Crippen LogP contribution < -0.4 is 4.74 Å². The molecule has 0 unspecified atom stereocenters. The molecule has 1 aromatic heterocycles. The molecule has 0 radical (unpaired) electrons. The van der Waals surface area contributed by atoms with Gasteiger partial charge in [0.15, 0.2) is 0 Å². The van der Waals surface area contributed by atoms with Gasteiger partial charge in [-0.1, -0.05) is 6.42 Å². The van der Waals surface area contributed by atoms with Crippen molar-refractivity contribution in [1.82, 2.24) is 4.98 Å². The van der Waals surface area contributed by atoms with Crippen LogP contribution in [0.3, 0.4) is 0 Å². The molecular weight excluding hydrogens is 218 g/mol. The van der Waals surface area contributed by atoms with Gasteiger partial charge in [0.1, 0.15) is 11.7 Å². The number of nitrogens with zero attached hydrogens (tertiary/aromatic N) is 1. The maximum Gasteiger partial charge on any atom is 0.341 e. The average Bonchev–Trinajstić information content (AvgIpc) is 2.30. The quantitative estimate of drug-likeness (QED) is 0.875. The van der Waals surface area contributed by atoms with E-state index in [9.17, 15) is 4.79 Å². The summed E-state index contributed by atoms with van der Waals surface area (Å²) in [4.78, 5) is 15.2. The first-order chi connectivity index (χ1) is 8.18. The summed E-state index contributed by atoms with van der Waals surface area (Å²) in [5, 5.41) is 9.16. The maximum absolute atomic E-state index is 11.2. The number of pyridine rings is 1. The van der Waals surface area contributed by atoms with Gasteiger partial charge in [-0.05, 0) is 44.2 Å². The van der Waals surface area contributed by atoms with Gasteiger partial charge in [-0.2, -0.15) is 0 Å². The van der Waals surface area contributed by atoms with Crippen LogP contribution in [0.15, 0.2) is 12.3 Å². The third-order valence-electron chi connectivity index (χ3n) is 3.17. The molecule has 92 valence electrons. The predicted molar refractivity (Wildman–Crippen MR) is 63.4 cm³/mol. The van der Waals surface area contributed by atoms with Gasteiger partial charge in [0.05, 0.1) is 0 Å². The number of hydrogen-bond donors (Lipinski definition) is 1. The SMILES string of the molecule is Cc1ccnc(OC2CCCCC2)c1C(=O)O. The Morgan fingerprint density at radius 1 is 1.41 bits per heavy atom. The van der Waals surface area contributed by atoms with Gasteiger partial charge in [-0.3, -0.25) is 0 Å². The molecule has 1 N–H and O–H groups in total. The summed E-state index contributed by atoms with van der Waals surface area (Å²) < 4.78 is 5.74. The first kappa shape index (κ1) is 11.9. The molecule has 0 bridgehead atoms. The fourth-order valence-electron chi connectivity index (χ4n) is 2.22. The third-order valence-corrected chi connectivity index (χ3v) is 3.17. The van der Waals surface area contributed by atoms with E-state index in [1.807, 2.05) is 0 Å². The molecule has 4 heteroatoms. The zero-order chi connectivity index (χ0) is 12.3. The van der Waals surface area contributed by atoms with Crippen molar-refractivity contribution in [2.24, 2.45) is 0 Å². The number of carbonyl (C=O) groups is 1. The molecule has 1 aliphatic carbocycles. The van der Waals surface area contributed by atoms with Gasteiger partial charge in [-0.15, -0.1) is 0 Å². The van der Waals surface area contributed by atoms with Crippen LogP contribution in [0.4, 0.5) is 0 Å². The molecule has 1 aromatic rings. The fraction of sp³-hybridized carbons (Fsp3) is 0.538. The summed E-state index contributed by atoms with van der Waals surface area (Å²) in [5.74, 6) is -0.703. The van der Waals surface area contributed by atoms with E-state index >= 15 is 0 Å². The minimum atomic E-state index is -0.971. The summed E-state index contributed by atoms with van der Waals surface area (Å²) in [7, 11) is 0. The zero-order valence-electron chi connectivity index (χ0n) is 9.98. The van der Waals surface area contributed by atoms with Gasteiger partial charge in [0, 0.05) is 6.20 Å².